The molecular weight excluding hydrogens is 591 g/mol. The fourth-order valence-corrected chi connectivity index (χ4v) is 5.95. The van der Waals surface area contributed by atoms with Gasteiger partial charge in [-0.3, -0.25) is 9.59 Å². The van der Waals surface area contributed by atoms with E-state index in [1.165, 1.54) is 7.11 Å². The van der Waals surface area contributed by atoms with Crippen LogP contribution in [-0.4, -0.2) is 76.6 Å². The number of carbonyl (C=O) groups excluding carboxylic acids is 2. The number of aliphatic hydroxyl groups excluding tert-OH is 3. The minimum atomic E-state index is -1.08. The van der Waals surface area contributed by atoms with Gasteiger partial charge in [0.25, 0.3) is 0 Å². The van der Waals surface area contributed by atoms with E-state index in [1.807, 2.05) is 18.7 Å². The highest BCUT2D eigenvalue weighted by atomic mass is 127. The molecule has 206 valence electrons. The maximum Gasteiger partial charge on any atom is 0.247 e. The number of nitrogens with one attached hydrogen (secondary N) is 1. The Bertz CT molecular complexity index is 978. The summed E-state index contributed by atoms with van der Waals surface area (Å²) in [6.07, 6.45) is 3.91. The van der Waals surface area contributed by atoms with Crippen molar-refractivity contribution in [2.75, 3.05) is 20.3 Å². The Hall–Kier alpha value is -1.89. The normalized spacial score (nSPS) is 22.1. The second-order valence-electron chi connectivity index (χ2n) is 10.1. The van der Waals surface area contributed by atoms with Gasteiger partial charge in [0, 0.05) is 31.0 Å². The molecule has 1 aromatic rings. The number of halogens is 1. The van der Waals surface area contributed by atoms with Crippen LogP contribution in [0.4, 0.5) is 0 Å². The number of nitrogens with zero attached hydrogens (tertiary/aromatic N) is 1. The van der Waals surface area contributed by atoms with Crippen molar-refractivity contribution in [3.05, 3.63) is 32.9 Å². The quantitative estimate of drug-likeness (QED) is 0.277. The highest BCUT2D eigenvalue weighted by Crippen LogP contribution is 2.38. The Morgan fingerprint density at radius 1 is 1.22 bits per heavy atom. The van der Waals surface area contributed by atoms with Gasteiger partial charge in [0.2, 0.25) is 11.8 Å². The second kappa shape index (κ2) is 13.8. The van der Waals surface area contributed by atoms with Gasteiger partial charge in [-0.25, -0.2) is 0 Å². The average Bonchev–Trinajstić information content (AvgIpc) is 3.39. The fraction of sp³-hybridized carbons (Fsp3) is 0.630. The van der Waals surface area contributed by atoms with E-state index in [9.17, 15) is 24.9 Å². The van der Waals surface area contributed by atoms with Gasteiger partial charge in [-0.15, -0.1) is 0 Å². The molecule has 3 atom stereocenters. The van der Waals surface area contributed by atoms with E-state index in [-0.39, 0.29) is 50.0 Å². The number of rotatable bonds is 11. The highest BCUT2D eigenvalue weighted by Gasteiger charge is 2.43. The molecule has 10 heteroatoms. The van der Waals surface area contributed by atoms with Crippen molar-refractivity contribution in [2.45, 2.75) is 83.3 Å². The minimum Gasteiger partial charge on any atom is -0.493 e. The third-order valence-electron chi connectivity index (χ3n) is 6.89. The van der Waals surface area contributed by atoms with Gasteiger partial charge in [-0.05, 0) is 65.1 Å². The molecule has 0 aromatic heterocycles. The lowest BCUT2D eigenvalue weighted by Crippen LogP contribution is -2.57. The van der Waals surface area contributed by atoms with E-state index in [4.69, 9.17) is 9.47 Å². The van der Waals surface area contributed by atoms with Crippen molar-refractivity contribution in [3.8, 4) is 11.5 Å². The van der Waals surface area contributed by atoms with Crippen LogP contribution in [0.15, 0.2) is 23.8 Å². The topological polar surface area (TPSA) is 129 Å². The lowest BCUT2D eigenvalue weighted by Gasteiger charge is -2.43. The van der Waals surface area contributed by atoms with E-state index in [0.29, 0.717) is 32.6 Å². The Balaban J connectivity index is 2.01. The number of hydrogen-bond acceptors (Lipinski definition) is 7. The van der Waals surface area contributed by atoms with Crippen LogP contribution in [-0.2, 0) is 16.2 Å². The first-order chi connectivity index (χ1) is 17.7. The first-order valence-corrected chi connectivity index (χ1v) is 14.0. The van der Waals surface area contributed by atoms with E-state index in [2.05, 4.69) is 27.9 Å². The summed E-state index contributed by atoms with van der Waals surface area (Å²) in [7, 11) is 1.50. The van der Waals surface area contributed by atoms with Crippen LogP contribution < -0.4 is 14.8 Å². The smallest absolute Gasteiger partial charge is 0.247 e. The summed E-state index contributed by atoms with van der Waals surface area (Å²) in [6.45, 7) is 3.72. The second-order valence-corrected chi connectivity index (χ2v) is 11.3. The summed E-state index contributed by atoms with van der Waals surface area (Å²) in [4.78, 5) is 28.3. The predicted molar refractivity (Wildman–Crippen MR) is 147 cm³/mol. The van der Waals surface area contributed by atoms with E-state index < -0.39 is 18.2 Å². The van der Waals surface area contributed by atoms with Gasteiger partial charge in [-0.2, -0.15) is 0 Å². The van der Waals surface area contributed by atoms with Gasteiger partial charge < -0.3 is 35.0 Å². The van der Waals surface area contributed by atoms with Gasteiger partial charge >= 0.3 is 0 Å². The van der Waals surface area contributed by atoms with E-state index >= 15 is 0 Å². The molecule has 2 aliphatic rings. The zero-order chi connectivity index (χ0) is 27.1. The monoisotopic (exact) mass is 630 g/mol. The van der Waals surface area contributed by atoms with Gasteiger partial charge in [0.1, 0.15) is 12.2 Å². The zero-order valence-electron chi connectivity index (χ0n) is 21.8. The predicted octanol–water partition coefficient (Wildman–Crippen LogP) is 2.52. The van der Waals surface area contributed by atoms with Crippen LogP contribution in [0.2, 0.25) is 0 Å². The molecule has 37 heavy (non-hydrogen) atoms. The number of hydrogen-bond donors (Lipinski definition) is 4. The number of amides is 2. The lowest BCUT2D eigenvalue weighted by atomic mass is 9.86. The molecule has 1 aromatic carbocycles. The van der Waals surface area contributed by atoms with Crippen LogP contribution >= 0.6 is 22.6 Å². The Morgan fingerprint density at radius 2 is 1.92 bits per heavy atom. The van der Waals surface area contributed by atoms with Crippen LogP contribution in [0.25, 0.3) is 0 Å². The van der Waals surface area contributed by atoms with Crippen LogP contribution in [0.5, 0.6) is 11.5 Å². The number of carbonyl (C=O) groups is 2. The summed E-state index contributed by atoms with van der Waals surface area (Å²) in [6, 6.07) is 2.80. The fourth-order valence-electron chi connectivity index (χ4n) is 5.16. The molecule has 0 heterocycles. The number of aliphatic hydroxyl groups is 3. The Morgan fingerprint density at radius 3 is 2.51 bits per heavy atom. The van der Waals surface area contributed by atoms with Crippen molar-refractivity contribution >= 4 is 34.4 Å². The third kappa shape index (κ3) is 7.36. The maximum atomic E-state index is 13.5. The summed E-state index contributed by atoms with van der Waals surface area (Å²) >= 11 is 2.08. The minimum absolute atomic E-state index is 0.00455. The van der Waals surface area contributed by atoms with E-state index in [0.717, 1.165) is 25.7 Å². The van der Waals surface area contributed by atoms with Crippen molar-refractivity contribution in [2.24, 2.45) is 5.92 Å². The summed E-state index contributed by atoms with van der Waals surface area (Å²) in [5.74, 6) is 0.550. The third-order valence-corrected chi connectivity index (χ3v) is 7.69. The van der Waals surface area contributed by atoms with Crippen LogP contribution in [0, 0.1) is 9.49 Å². The standard InChI is InChI=1S/C27H39IN2O7/c1-16(2)10-24(33)30(19-6-4-5-7-19)21-13-18(27(35)29-8-9-31)14-22(25(21)34)37-26-20(28)11-17(15-32)12-23(26)36-3/h11-12,14,16,19,21-22,25,31-32,34H,4-10,13,15H2,1-3H3,(H,29,35)/t21-,22+,25+/m1/s1. The molecule has 2 amide bonds. The molecule has 0 unspecified atom stereocenters. The Kier molecular flexibility index (Phi) is 11.0. The molecule has 2 aliphatic carbocycles. The van der Waals surface area contributed by atoms with E-state index in [1.54, 1.807) is 18.2 Å². The van der Waals surface area contributed by atoms with Crippen molar-refractivity contribution in [1.82, 2.24) is 10.2 Å². The molecule has 9 nitrogen and oxygen atoms in total. The van der Waals surface area contributed by atoms with Gasteiger partial charge in [0.05, 0.1) is 29.9 Å². The molecule has 0 bridgehead atoms. The molecule has 4 N–H and O–H groups in total. The molecular formula is C27H39IN2O7. The zero-order valence-corrected chi connectivity index (χ0v) is 23.9. The van der Waals surface area contributed by atoms with Gasteiger partial charge in [0.15, 0.2) is 11.5 Å². The summed E-state index contributed by atoms with van der Waals surface area (Å²) < 4.78 is 12.5. The number of methoxy groups -OCH3 is 1. The molecule has 1 saturated carbocycles. The molecule has 0 saturated heterocycles. The first-order valence-electron chi connectivity index (χ1n) is 12.9. The molecule has 0 spiro atoms. The van der Waals surface area contributed by atoms with Crippen LogP contribution in [0.1, 0.15) is 57.9 Å². The number of benzene rings is 1. The molecule has 0 radical (unpaired) electrons. The maximum absolute atomic E-state index is 13.5. The first kappa shape index (κ1) is 29.7. The highest BCUT2D eigenvalue weighted by molar-refractivity contribution is 14.1. The van der Waals surface area contributed by atoms with Crippen LogP contribution in [0.3, 0.4) is 0 Å². The Labute approximate surface area is 232 Å². The summed E-state index contributed by atoms with van der Waals surface area (Å²) in [5.41, 5.74) is 1.05. The molecule has 1 fully saturated rings. The van der Waals surface area contributed by atoms with Gasteiger partial charge in [-0.1, -0.05) is 26.7 Å². The number of ether oxygens (including phenoxy) is 2. The van der Waals surface area contributed by atoms with Crippen molar-refractivity contribution in [3.63, 3.8) is 0 Å². The lowest BCUT2D eigenvalue weighted by molar-refractivity contribution is -0.142. The largest absolute Gasteiger partial charge is 0.493 e. The molecule has 0 aliphatic heterocycles. The SMILES string of the molecule is COc1cc(CO)cc(I)c1O[C@H]1C=C(C(=O)NCCO)C[C@@H](N(C(=O)CC(C)C)C2CCCC2)[C@@H]1O. The summed E-state index contributed by atoms with van der Waals surface area (Å²) in [5, 5.41) is 33.1. The van der Waals surface area contributed by atoms with Crippen molar-refractivity contribution in [1.29, 1.82) is 0 Å². The molecule has 3 rings (SSSR count). The average molecular weight is 631 g/mol. The van der Waals surface area contributed by atoms with Crippen molar-refractivity contribution < 1.29 is 34.4 Å².